The molecule has 1 aliphatic rings. The minimum Gasteiger partial charge on any atom is -0.394 e. The van der Waals surface area contributed by atoms with Crippen molar-refractivity contribution in [2.75, 3.05) is 45.7 Å². The van der Waals surface area contributed by atoms with Crippen LogP contribution in [0.3, 0.4) is 0 Å². The fraction of sp³-hybridized carbons (Fsp3) is 0.478. The minimum atomic E-state index is -0.847. The van der Waals surface area contributed by atoms with E-state index in [1.54, 1.807) is 18.3 Å². The molecule has 4 unspecified atom stereocenters. The molecule has 3 N–H and O–H groups in total. The maximum Gasteiger partial charge on any atom is 0.251 e. The Balaban J connectivity index is 1.61. The van der Waals surface area contributed by atoms with Crippen LogP contribution in [-0.2, 0) is 11.2 Å². The third kappa shape index (κ3) is 5.80. The number of hydrogen-bond donors (Lipinski definition) is 3. The molecule has 3 rings (SSSR count). The molecule has 1 aromatic carbocycles. The van der Waals surface area contributed by atoms with Gasteiger partial charge in [0.05, 0.1) is 18.8 Å². The maximum atomic E-state index is 12.6. The Kier molecular flexibility index (Phi) is 7.97. The van der Waals surface area contributed by atoms with E-state index < -0.39 is 18.3 Å². The predicted molar refractivity (Wildman–Crippen MR) is 119 cm³/mol. The van der Waals surface area contributed by atoms with Gasteiger partial charge >= 0.3 is 0 Å². The number of pyridine rings is 1. The van der Waals surface area contributed by atoms with E-state index in [0.717, 1.165) is 17.8 Å². The molecule has 1 saturated heterocycles. The van der Waals surface area contributed by atoms with Crippen LogP contribution in [-0.4, -0.2) is 91.2 Å². The summed E-state index contributed by atoms with van der Waals surface area (Å²) in [5, 5.41) is 23.2. The zero-order valence-electron chi connectivity index (χ0n) is 18.3. The van der Waals surface area contributed by atoms with Gasteiger partial charge in [-0.05, 0) is 43.4 Å². The predicted octanol–water partition coefficient (Wildman–Crippen LogP) is 0.541. The molecule has 0 saturated carbocycles. The SMILES string of the molecule is CN(C)c1ccc(C(=O)NCC2OC(CO)C(O)C2N(C)CCc2ccccn2)cc1. The molecule has 4 atom stereocenters. The Morgan fingerprint density at radius 3 is 2.48 bits per heavy atom. The van der Waals surface area contributed by atoms with E-state index in [0.29, 0.717) is 12.1 Å². The summed E-state index contributed by atoms with van der Waals surface area (Å²) in [6, 6.07) is 12.8. The zero-order chi connectivity index (χ0) is 22.4. The third-order valence-corrected chi connectivity index (χ3v) is 5.71. The molecule has 31 heavy (non-hydrogen) atoms. The number of benzene rings is 1. The van der Waals surface area contributed by atoms with Crippen molar-refractivity contribution >= 4 is 11.6 Å². The first-order chi connectivity index (χ1) is 14.9. The number of nitrogens with zero attached hydrogens (tertiary/aromatic N) is 3. The van der Waals surface area contributed by atoms with E-state index in [-0.39, 0.29) is 25.1 Å². The van der Waals surface area contributed by atoms with Gasteiger partial charge < -0.3 is 25.2 Å². The number of carbonyl (C=O) groups is 1. The summed E-state index contributed by atoms with van der Waals surface area (Å²) in [7, 11) is 5.80. The van der Waals surface area contributed by atoms with Gasteiger partial charge in [0.15, 0.2) is 0 Å². The molecule has 1 aromatic heterocycles. The van der Waals surface area contributed by atoms with E-state index >= 15 is 0 Å². The number of likely N-dealkylation sites (N-methyl/N-ethyl adjacent to an activating group) is 1. The van der Waals surface area contributed by atoms with Crippen molar-refractivity contribution < 1.29 is 19.7 Å². The van der Waals surface area contributed by atoms with Gasteiger partial charge in [0, 0.05) is 56.7 Å². The Labute approximate surface area is 183 Å². The Hall–Kier alpha value is -2.52. The van der Waals surface area contributed by atoms with Crippen LogP contribution in [0.4, 0.5) is 5.69 Å². The van der Waals surface area contributed by atoms with Crippen LogP contribution in [0.15, 0.2) is 48.7 Å². The third-order valence-electron chi connectivity index (χ3n) is 5.71. The smallest absolute Gasteiger partial charge is 0.251 e. The van der Waals surface area contributed by atoms with Crippen molar-refractivity contribution in [3.8, 4) is 0 Å². The van der Waals surface area contributed by atoms with Gasteiger partial charge in [-0.1, -0.05) is 6.07 Å². The number of aromatic nitrogens is 1. The lowest BCUT2D eigenvalue weighted by atomic mass is 10.0. The lowest BCUT2D eigenvalue weighted by molar-refractivity contribution is -0.0209. The lowest BCUT2D eigenvalue weighted by Gasteiger charge is -2.30. The molecule has 0 aliphatic carbocycles. The highest BCUT2D eigenvalue weighted by Crippen LogP contribution is 2.25. The van der Waals surface area contributed by atoms with Crippen molar-refractivity contribution in [2.24, 2.45) is 0 Å². The van der Waals surface area contributed by atoms with Gasteiger partial charge in [-0.3, -0.25) is 14.7 Å². The summed E-state index contributed by atoms with van der Waals surface area (Å²) in [5.74, 6) is -0.203. The van der Waals surface area contributed by atoms with Crippen molar-refractivity contribution in [3.63, 3.8) is 0 Å². The average Bonchev–Trinajstić information content (AvgIpc) is 3.11. The second kappa shape index (κ2) is 10.7. The van der Waals surface area contributed by atoms with Crippen LogP contribution in [0.5, 0.6) is 0 Å². The summed E-state index contributed by atoms with van der Waals surface area (Å²) in [5.41, 5.74) is 2.54. The molecule has 2 aromatic rings. The van der Waals surface area contributed by atoms with Gasteiger partial charge in [-0.25, -0.2) is 0 Å². The fourth-order valence-corrected chi connectivity index (χ4v) is 3.88. The Morgan fingerprint density at radius 1 is 1.13 bits per heavy atom. The topological polar surface area (TPSA) is 98.2 Å². The van der Waals surface area contributed by atoms with Crippen LogP contribution >= 0.6 is 0 Å². The number of anilines is 1. The summed E-state index contributed by atoms with van der Waals surface area (Å²) >= 11 is 0. The van der Waals surface area contributed by atoms with Gasteiger partial charge in [0.2, 0.25) is 0 Å². The first-order valence-electron chi connectivity index (χ1n) is 10.5. The average molecular weight is 429 g/mol. The van der Waals surface area contributed by atoms with Gasteiger partial charge in [0.25, 0.3) is 5.91 Å². The highest BCUT2D eigenvalue weighted by atomic mass is 16.5. The number of aliphatic hydroxyl groups is 2. The van der Waals surface area contributed by atoms with Crippen LogP contribution in [0.1, 0.15) is 16.1 Å². The molecule has 1 amide bonds. The maximum absolute atomic E-state index is 12.6. The van der Waals surface area contributed by atoms with Crippen molar-refractivity contribution in [3.05, 3.63) is 59.9 Å². The van der Waals surface area contributed by atoms with Crippen molar-refractivity contribution in [1.82, 2.24) is 15.2 Å². The zero-order valence-corrected chi connectivity index (χ0v) is 18.3. The van der Waals surface area contributed by atoms with E-state index in [1.807, 2.05) is 61.3 Å². The van der Waals surface area contributed by atoms with Crippen LogP contribution < -0.4 is 10.2 Å². The number of carbonyl (C=O) groups excluding carboxylic acids is 1. The molecule has 2 heterocycles. The van der Waals surface area contributed by atoms with Crippen molar-refractivity contribution in [2.45, 2.75) is 30.8 Å². The van der Waals surface area contributed by atoms with Gasteiger partial charge in [-0.15, -0.1) is 0 Å². The summed E-state index contributed by atoms with van der Waals surface area (Å²) in [6.07, 6.45) is 0.518. The van der Waals surface area contributed by atoms with Crippen LogP contribution in [0, 0.1) is 0 Å². The Bertz CT molecular complexity index is 831. The molecular weight excluding hydrogens is 396 g/mol. The van der Waals surface area contributed by atoms with Crippen molar-refractivity contribution in [1.29, 1.82) is 0 Å². The summed E-state index contributed by atoms with van der Waals surface area (Å²) < 4.78 is 5.87. The summed E-state index contributed by atoms with van der Waals surface area (Å²) in [6.45, 7) is 0.624. The Morgan fingerprint density at radius 2 is 1.87 bits per heavy atom. The molecule has 0 spiro atoms. The van der Waals surface area contributed by atoms with Crippen LogP contribution in [0.25, 0.3) is 0 Å². The van der Waals surface area contributed by atoms with Gasteiger partial charge in [0.1, 0.15) is 12.2 Å². The minimum absolute atomic E-state index is 0.203. The molecule has 168 valence electrons. The number of ether oxygens (including phenoxy) is 1. The fourth-order valence-electron chi connectivity index (χ4n) is 3.88. The molecular formula is C23H32N4O4. The molecule has 8 nitrogen and oxygen atoms in total. The number of aliphatic hydroxyl groups excluding tert-OH is 2. The molecule has 1 aliphatic heterocycles. The quantitative estimate of drug-likeness (QED) is 0.536. The number of hydrogen-bond acceptors (Lipinski definition) is 7. The van der Waals surface area contributed by atoms with Crippen LogP contribution in [0.2, 0.25) is 0 Å². The van der Waals surface area contributed by atoms with E-state index in [9.17, 15) is 15.0 Å². The normalized spacial score (nSPS) is 23.2. The standard InChI is InChI=1S/C23H32N4O4/c1-26(2)18-9-7-16(8-10-18)23(30)25-14-19-21(22(29)20(15-28)31-19)27(3)13-11-17-6-4-5-12-24-17/h4-10,12,19-22,28-29H,11,13-15H2,1-3H3,(H,25,30). The number of nitrogens with one attached hydrogen (secondary N) is 1. The molecule has 8 heteroatoms. The van der Waals surface area contributed by atoms with Gasteiger partial charge in [-0.2, -0.15) is 0 Å². The number of rotatable bonds is 9. The first-order valence-corrected chi connectivity index (χ1v) is 10.5. The van der Waals surface area contributed by atoms with E-state index in [1.165, 1.54) is 0 Å². The highest BCUT2D eigenvalue weighted by molar-refractivity contribution is 5.94. The largest absolute Gasteiger partial charge is 0.394 e. The second-order valence-corrected chi connectivity index (χ2v) is 8.08. The number of amides is 1. The summed E-state index contributed by atoms with van der Waals surface area (Å²) in [4.78, 5) is 20.9. The monoisotopic (exact) mass is 428 g/mol. The molecule has 0 bridgehead atoms. The molecule has 1 fully saturated rings. The molecule has 0 radical (unpaired) electrons. The second-order valence-electron chi connectivity index (χ2n) is 8.08. The highest BCUT2D eigenvalue weighted by Gasteiger charge is 2.45. The van der Waals surface area contributed by atoms with E-state index in [2.05, 4.69) is 10.3 Å². The van der Waals surface area contributed by atoms with E-state index in [4.69, 9.17) is 4.74 Å². The lowest BCUT2D eigenvalue weighted by Crippen LogP contribution is -2.50. The first kappa shape index (κ1) is 23.1.